The SMILES string of the molecule is O=C(Nc1cnn(CC(F)F)c1)C1(C(=O)NC2CC2)CCC1. The van der Waals surface area contributed by atoms with Gasteiger partial charge in [0.1, 0.15) is 12.0 Å². The van der Waals surface area contributed by atoms with Crippen molar-refractivity contribution in [3.8, 4) is 0 Å². The Morgan fingerprint density at radius 3 is 2.64 bits per heavy atom. The molecule has 0 bridgehead atoms. The molecule has 1 aromatic rings. The number of alkyl halides is 2. The van der Waals surface area contributed by atoms with E-state index in [2.05, 4.69) is 15.7 Å². The number of carbonyl (C=O) groups is 2. The van der Waals surface area contributed by atoms with Gasteiger partial charge in [0.15, 0.2) is 0 Å². The lowest BCUT2D eigenvalue weighted by Gasteiger charge is -2.38. The molecule has 6 nitrogen and oxygen atoms in total. The van der Waals surface area contributed by atoms with Crippen LogP contribution in [-0.2, 0) is 16.1 Å². The van der Waals surface area contributed by atoms with Crippen molar-refractivity contribution in [1.29, 1.82) is 0 Å². The summed E-state index contributed by atoms with van der Waals surface area (Å²) in [4.78, 5) is 24.7. The van der Waals surface area contributed by atoms with E-state index in [-0.39, 0.29) is 17.9 Å². The Labute approximate surface area is 126 Å². The number of carbonyl (C=O) groups excluding carboxylic acids is 2. The van der Waals surface area contributed by atoms with Crippen LogP contribution in [0.25, 0.3) is 0 Å². The number of aromatic nitrogens is 2. The van der Waals surface area contributed by atoms with Crippen molar-refractivity contribution >= 4 is 17.5 Å². The molecule has 22 heavy (non-hydrogen) atoms. The normalized spacial score (nSPS) is 19.6. The van der Waals surface area contributed by atoms with Gasteiger partial charge in [-0.3, -0.25) is 14.3 Å². The lowest BCUT2D eigenvalue weighted by atomic mass is 9.67. The fraction of sp³-hybridized carbons (Fsp3) is 0.643. The van der Waals surface area contributed by atoms with E-state index in [9.17, 15) is 18.4 Å². The van der Waals surface area contributed by atoms with E-state index in [1.165, 1.54) is 12.4 Å². The van der Waals surface area contributed by atoms with Crippen molar-refractivity contribution < 1.29 is 18.4 Å². The Hall–Kier alpha value is -1.99. The molecular weight excluding hydrogens is 294 g/mol. The van der Waals surface area contributed by atoms with Gasteiger partial charge in [-0.2, -0.15) is 5.10 Å². The number of hydrogen-bond donors (Lipinski definition) is 2. The van der Waals surface area contributed by atoms with Crippen LogP contribution in [0.3, 0.4) is 0 Å². The first-order valence-electron chi connectivity index (χ1n) is 7.43. The molecule has 0 aromatic carbocycles. The first kappa shape index (κ1) is 14.9. The summed E-state index contributed by atoms with van der Waals surface area (Å²) in [7, 11) is 0. The second-order valence-corrected chi connectivity index (χ2v) is 5.98. The molecule has 0 atom stereocenters. The number of nitrogens with one attached hydrogen (secondary N) is 2. The van der Waals surface area contributed by atoms with Gasteiger partial charge in [0.05, 0.1) is 11.9 Å². The molecule has 0 saturated heterocycles. The van der Waals surface area contributed by atoms with Crippen molar-refractivity contribution in [2.45, 2.75) is 51.1 Å². The van der Waals surface area contributed by atoms with Gasteiger partial charge in [0, 0.05) is 12.2 Å². The Balaban J connectivity index is 1.64. The van der Waals surface area contributed by atoms with Gasteiger partial charge >= 0.3 is 0 Å². The number of amides is 2. The summed E-state index contributed by atoms with van der Waals surface area (Å²) in [6, 6.07) is 0.201. The van der Waals surface area contributed by atoms with Crippen LogP contribution in [0.1, 0.15) is 32.1 Å². The molecule has 2 fully saturated rings. The average Bonchev–Trinajstić information content (AvgIpc) is 3.08. The summed E-state index contributed by atoms with van der Waals surface area (Å²) in [5.74, 6) is -0.604. The van der Waals surface area contributed by atoms with Crippen LogP contribution in [0, 0.1) is 5.41 Å². The first-order chi connectivity index (χ1) is 10.5. The van der Waals surface area contributed by atoms with Crippen LogP contribution in [0.2, 0.25) is 0 Å². The molecule has 1 aromatic heterocycles. The second-order valence-electron chi connectivity index (χ2n) is 5.98. The Bertz CT molecular complexity index is 579. The van der Waals surface area contributed by atoms with Gasteiger partial charge in [-0.15, -0.1) is 0 Å². The Morgan fingerprint density at radius 2 is 2.09 bits per heavy atom. The van der Waals surface area contributed by atoms with Gasteiger partial charge in [-0.1, -0.05) is 6.42 Å². The van der Waals surface area contributed by atoms with Crippen LogP contribution in [-0.4, -0.2) is 34.1 Å². The highest BCUT2D eigenvalue weighted by Crippen LogP contribution is 2.42. The fourth-order valence-corrected chi connectivity index (χ4v) is 2.56. The molecular formula is C14H18F2N4O2. The summed E-state index contributed by atoms with van der Waals surface area (Å²) in [6.07, 6.45) is 3.93. The minimum Gasteiger partial charge on any atom is -0.352 e. The number of rotatable bonds is 6. The van der Waals surface area contributed by atoms with E-state index in [0.29, 0.717) is 18.5 Å². The predicted octanol–water partition coefficient (Wildman–Crippen LogP) is 1.54. The molecule has 0 spiro atoms. The molecule has 2 amide bonds. The number of nitrogens with zero attached hydrogens (tertiary/aromatic N) is 2. The van der Waals surface area contributed by atoms with Gasteiger partial charge in [-0.25, -0.2) is 8.78 Å². The molecule has 0 aliphatic heterocycles. The Kier molecular flexibility index (Phi) is 3.84. The third-order valence-electron chi connectivity index (χ3n) is 4.21. The molecule has 120 valence electrons. The quantitative estimate of drug-likeness (QED) is 0.782. The molecule has 0 unspecified atom stereocenters. The van der Waals surface area contributed by atoms with Crippen molar-refractivity contribution in [2.75, 3.05) is 5.32 Å². The van der Waals surface area contributed by atoms with Crippen LogP contribution in [0.5, 0.6) is 0 Å². The van der Waals surface area contributed by atoms with Crippen LogP contribution in [0.15, 0.2) is 12.4 Å². The molecule has 3 rings (SSSR count). The zero-order valence-corrected chi connectivity index (χ0v) is 12.0. The third-order valence-corrected chi connectivity index (χ3v) is 4.21. The van der Waals surface area contributed by atoms with Gasteiger partial charge < -0.3 is 10.6 Å². The van der Waals surface area contributed by atoms with Crippen molar-refractivity contribution in [3.05, 3.63) is 12.4 Å². The molecule has 1 heterocycles. The second kappa shape index (κ2) is 5.66. The molecule has 0 radical (unpaired) electrons. The summed E-state index contributed by atoms with van der Waals surface area (Å²) < 4.78 is 25.6. The minimum atomic E-state index is -2.51. The number of hydrogen-bond acceptors (Lipinski definition) is 3. The highest BCUT2D eigenvalue weighted by Gasteiger charge is 2.51. The highest BCUT2D eigenvalue weighted by atomic mass is 19.3. The topological polar surface area (TPSA) is 76.0 Å². The summed E-state index contributed by atoms with van der Waals surface area (Å²) in [5.41, 5.74) is -0.691. The van der Waals surface area contributed by atoms with Gasteiger partial charge in [-0.05, 0) is 25.7 Å². The first-order valence-corrected chi connectivity index (χ1v) is 7.43. The molecule has 2 aliphatic rings. The molecule has 8 heteroatoms. The summed E-state index contributed by atoms with van der Waals surface area (Å²) >= 11 is 0. The lowest BCUT2D eigenvalue weighted by molar-refractivity contribution is -0.146. The van der Waals surface area contributed by atoms with Crippen molar-refractivity contribution in [3.63, 3.8) is 0 Å². The maximum absolute atomic E-state index is 12.4. The fourth-order valence-electron chi connectivity index (χ4n) is 2.56. The van der Waals surface area contributed by atoms with E-state index in [0.717, 1.165) is 23.9 Å². The minimum absolute atomic E-state index is 0.201. The molecule has 2 N–H and O–H groups in total. The van der Waals surface area contributed by atoms with E-state index in [4.69, 9.17) is 0 Å². The van der Waals surface area contributed by atoms with E-state index in [1.807, 2.05) is 0 Å². The molecule has 2 saturated carbocycles. The van der Waals surface area contributed by atoms with Gasteiger partial charge in [0.2, 0.25) is 11.8 Å². The number of halogens is 2. The van der Waals surface area contributed by atoms with E-state index >= 15 is 0 Å². The predicted molar refractivity (Wildman–Crippen MR) is 74.3 cm³/mol. The third kappa shape index (κ3) is 2.95. The summed E-state index contributed by atoms with van der Waals surface area (Å²) in [5, 5.41) is 9.26. The smallest absolute Gasteiger partial charge is 0.257 e. The highest BCUT2D eigenvalue weighted by molar-refractivity contribution is 6.11. The van der Waals surface area contributed by atoms with Crippen molar-refractivity contribution in [1.82, 2.24) is 15.1 Å². The largest absolute Gasteiger partial charge is 0.352 e. The Morgan fingerprint density at radius 1 is 1.36 bits per heavy atom. The van der Waals surface area contributed by atoms with Crippen LogP contribution in [0.4, 0.5) is 14.5 Å². The van der Waals surface area contributed by atoms with Crippen LogP contribution >= 0.6 is 0 Å². The zero-order chi connectivity index (χ0) is 15.7. The zero-order valence-electron chi connectivity index (χ0n) is 12.0. The number of anilines is 1. The lowest BCUT2D eigenvalue weighted by Crippen LogP contribution is -2.53. The van der Waals surface area contributed by atoms with E-state index in [1.54, 1.807) is 0 Å². The van der Waals surface area contributed by atoms with E-state index < -0.39 is 18.4 Å². The maximum Gasteiger partial charge on any atom is 0.257 e. The maximum atomic E-state index is 12.4. The average molecular weight is 312 g/mol. The monoisotopic (exact) mass is 312 g/mol. The molecule has 2 aliphatic carbocycles. The van der Waals surface area contributed by atoms with Crippen LogP contribution < -0.4 is 10.6 Å². The summed E-state index contributed by atoms with van der Waals surface area (Å²) in [6.45, 7) is -0.525. The standard InChI is InChI=1S/C14H18F2N4O2/c15-11(16)8-20-7-10(6-17-20)19-13(22)14(4-1-5-14)12(21)18-9-2-3-9/h6-7,9,11H,1-5,8H2,(H,18,21)(H,19,22). The van der Waals surface area contributed by atoms with Gasteiger partial charge in [0.25, 0.3) is 6.43 Å². The van der Waals surface area contributed by atoms with Crippen molar-refractivity contribution in [2.24, 2.45) is 5.41 Å².